The van der Waals surface area contributed by atoms with Crippen molar-refractivity contribution in [1.82, 2.24) is 15.1 Å². The predicted octanol–water partition coefficient (Wildman–Crippen LogP) is -0.518. The summed E-state index contributed by atoms with van der Waals surface area (Å²) >= 11 is 0. The first-order valence-electron chi connectivity index (χ1n) is 8.70. The van der Waals surface area contributed by atoms with Crippen LogP contribution in [0.4, 0.5) is 0 Å². The maximum absolute atomic E-state index is 12.2. The van der Waals surface area contributed by atoms with E-state index in [1.54, 1.807) is 11.9 Å². The Morgan fingerprint density at radius 1 is 1.21 bits per heavy atom. The highest BCUT2D eigenvalue weighted by molar-refractivity contribution is 7.91. The lowest BCUT2D eigenvalue weighted by atomic mass is 9.43. The van der Waals surface area contributed by atoms with Crippen molar-refractivity contribution in [1.29, 1.82) is 0 Å². The van der Waals surface area contributed by atoms with Gasteiger partial charge in [0.15, 0.2) is 9.84 Å². The number of nitrogens with one attached hydrogen (secondary N) is 1. The molecule has 3 aliphatic carbocycles. The van der Waals surface area contributed by atoms with E-state index < -0.39 is 9.84 Å². The monoisotopic (exact) mass is 357 g/mol. The Hall–Kier alpha value is -1.15. The summed E-state index contributed by atoms with van der Waals surface area (Å²) in [5, 5.41) is 2.81. The van der Waals surface area contributed by atoms with Crippen LogP contribution < -0.4 is 5.32 Å². The topological polar surface area (TPSA) is 86.8 Å². The summed E-state index contributed by atoms with van der Waals surface area (Å²) < 4.78 is 22.7. The summed E-state index contributed by atoms with van der Waals surface area (Å²) in [5.41, 5.74) is 0.313. The van der Waals surface area contributed by atoms with Gasteiger partial charge < -0.3 is 10.2 Å². The molecule has 1 saturated heterocycles. The van der Waals surface area contributed by atoms with E-state index in [9.17, 15) is 18.0 Å². The Morgan fingerprint density at radius 3 is 2.38 bits per heavy atom. The molecule has 3 saturated carbocycles. The smallest absolute Gasteiger partial charge is 0.234 e. The van der Waals surface area contributed by atoms with Crippen LogP contribution in [-0.4, -0.2) is 81.3 Å². The standard InChI is InChI=1S/C16H27N3O4S/c1-18(15(21)11-16-8-13(9-16)10-16)3-2-17-14(20)12-19-4-6-24(22,23)7-5-19/h13H,2-12H2,1H3,(H,17,20). The summed E-state index contributed by atoms with van der Waals surface area (Å²) in [6.07, 6.45) is 4.30. The number of hydrogen-bond donors (Lipinski definition) is 1. The van der Waals surface area contributed by atoms with Crippen LogP contribution in [0.25, 0.3) is 0 Å². The Bertz CT molecular complexity index is 588. The van der Waals surface area contributed by atoms with E-state index >= 15 is 0 Å². The second-order valence-electron chi connectivity index (χ2n) is 7.75. The van der Waals surface area contributed by atoms with Gasteiger partial charge >= 0.3 is 0 Å². The van der Waals surface area contributed by atoms with Crippen LogP contribution in [0, 0.1) is 11.3 Å². The average Bonchev–Trinajstić information content (AvgIpc) is 2.43. The highest BCUT2D eigenvalue weighted by Gasteiger charge is 2.57. The van der Waals surface area contributed by atoms with Gasteiger partial charge in [-0.05, 0) is 30.6 Å². The number of carbonyl (C=O) groups excluding carboxylic acids is 2. The molecule has 24 heavy (non-hydrogen) atoms. The molecule has 0 spiro atoms. The molecule has 2 amide bonds. The summed E-state index contributed by atoms with van der Waals surface area (Å²) in [6, 6.07) is 0. The number of carbonyl (C=O) groups is 2. The van der Waals surface area contributed by atoms with Crippen LogP contribution in [0.2, 0.25) is 0 Å². The molecule has 2 bridgehead atoms. The number of likely N-dealkylation sites (N-methyl/N-ethyl adjacent to an activating group) is 1. The van der Waals surface area contributed by atoms with Gasteiger partial charge in [0.2, 0.25) is 11.8 Å². The maximum Gasteiger partial charge on any atom is 0.234 e. The second-order valence-corrected chi connectivity index (χ2v) is 10.1. The molecule has 4 fully saturated rings. The van der Waals surface area contributed by atoms with Gasteiger partial charge in [0.05, 0.1) is 18.1 Å². The molecule has 136 valence electrons. The van der Waals surface area contributed by atoms with Gasteiger partial charge in [-0.1, -0.05) is 0 Å². The van der Waals surface area contributed by atoms with Crippen LogP contribution in [-0.2, 0) is 19.4 Å². The third-order valence-electron chi connectivity index (χ3n) is 5.69. The van der Waals surface area contributed by atoms with Gasteiger partial charge in [-0.2, -0.15) is 0 Å². The van der Waals surface area contributed by atoms with Crippen LogP contribution in [0.3, 0.4) is 0 Å². The van der Waals surface area contributed by atoms with E-state index in [0.717, 1.165) is 5.92 Å². The molecule has 1 aliphatic heterocycles. The Labute approximate surface area is 143 Å². The zero-order valence-electron chi connectivity index (χ0n) is 14.3. The largest absolute Gasteiger partial charge is 0.353 e. The fourth-order valence-electron chi connectivity index (χ4n) is 3.99. The van der Waals surface area contributed by atoms with Crippen molar-refractivity contribution in [2.45, 2.75) is 25.7 Å². The Balaban J connectivity index is 1.29. The van der Waals surface area contributed by atoms with E-state index in [2.05, 4.69) is 5.32 Å². The van der Waals surface area contributed by atoms with Crippen molar-refractivity contribution in [3.05, 3.63) is 0 Å². The lowest BCUT2D eigenvalue weighted by Crippen LogP contribution is -2.54. The molecule has 4 rings (SSSR count). The molecular formula is C16H27N3O4S. The van der Waals surface area contributed by atoms with E-state index in [4.69, 9.17) is 0 Å². The molecule has 4 aliphatic rings. The quantitative estimate of drug-likeness (QED) is 0.663. The van der Waals surface area contributed by atoms with Crippen LogP contribution in [0.5, 0.6) is 0 Å². The molecule has 0 aromatic carbocycles. The average molecular weight is 357 g/mol. The zero-order valence-corrected chi connectivity index (χ0v) is 15.1. The zero-order chi connectivity index (χ0) is 17.4. The molecule has 0 aromatic rings. The van der Waals surface area contributed by atoms with Gasteiger partial charge in [-0.25, -0.2) is 8.42 Å². The molecule has 0 atom stereocenters. The number of rotatable bonds is 7. The van der Waals surface area contributed by atoms with Gasteiger partial charge in [0.25, 0.3) is 0 Å². The molecule has 1 N–H and O–H groups in total. The first-order valence-corrected chi connectivity index (χ1v) is 10.5. The molecule has 1 heterocycles. The SMILES string of the molecule is CN(CCNC(=O)CN1CCS(=O)(=O)CC1)C(=O)CC12CC(C1)C2. The highest BCUT2D eigenvalue weighted by Crippen LogP contribution is 2.66. The summed E-state index contributed by atoms with van der Waals surface area (Å²) in [7, 11) is -1.13. The molecular weight excluding hydrogens is 330 g/mol. The van der Waals surface area contributed by atoms with Gasteiger partial charge in [-0.15, -0.1) is 0 Å². The Kier molecular flexibility index (Phi) is 4.88. The first kappa shape index (κ1) is 17.7. The minimum absolute atomic E-state index is 0.116. The molecule has 0 radical (unpaired) electrons. The van der Waals surface area contributed by atoms with E-state index in [0.29, 0.717) is 38.0 Å². The fourth-order valence-corrected chi connectivity index (χ4v) is 5.26. The first-order chi connectivity index (χ1) is 11.3. The van der Waals surface area contributed by atoms with Crippen molar-refractivity contribution >= 4 is 21.7 Å². The number of sulfone groups is 1. The number of amides is 2. The van der Waals surface area contributed by atoms with E-state index in [1.807, 2.05) is 4.90 Å². The Morgan fingerprint density at radius 2 is 1.83 bits per heavy atom. The van der Waals surface area contributed by atoms with Crippen LogP contribution >= 0.6 is 0 Å². The van der Waals surface area contributed by atoms with E-state index in [-0.39, 0.29) is 29.9 Å². The van der Waals surface area contributed by atoms with Gasteiger partial charge in [0.1, 0.15) is 0 Å². The van der Waals surface area contributed by atoms with Crippen molar-refractivity contribution < 1.29 is 18.0 Å². The van der Waals surface area contributed by atoms with Crippen molar-refractivity contribution in [2.24, 2.45) is 11.3 Å². The third-order valence-corrected chi connectivity index (χ3v) is 7.30. The fraction of sp³-hybridized carbons (Fsp3) is 0.875. The van der Waals surface area contributed by atoms with Gasteiger partial charge in [0, 0.05) is 39.6 Å². The summed E-state index contributed by atoms with van der Waals surface area (Å²) in [5.74, 6) is 1.19. The van der Waals surface area contributed by atoms with Crippen molar-refractivity contribution in [3.8, 4) is 0 Å². The second kappa shape index (κ2) is 6.63. The highest BCUT2D eigenvalue weighted by atomic mass is 32.2. The van der Waals surface area contributed by atoms with Gasteiger partial charge in [-0.3, -0.25) is 14.5 Å². The van der Waals surface area contributed by atoms with Crippen molar-refractivity contribution in [3.63, 3.8) is 0 Å². The lowest BCUT2D eigenvalue weighted by molar-refractivity contribution is -0.152. The molecule has 0 unspecified atom stereocenters. The van der Waals surface area contributed by atoms with Crippen LogP contribution in [0.1, 0.15) is 25.7 Å². The summed E-state index contributed by atoms with van der Waals surface area (Å²) in [4.78, 5) is 27.6. The number of hydrogen-bond acceptors (Lipinski definition) is 5. The minimum Gasteiger partial charge on any atom is -0.353 e. The normalized spacial score (nSPS) is 30.8. The molecule has 0 aromatic heterocycles. The minimum atomic E-state index is -2.92. The van der Waals surface area contributed by atoms with Crippen LogP contribution in [0.15, 0.2) is 0 Å². The van der Waals surface area contributed by atoms with Crippen molar-refractivity contribution in [2.75, 3.05) is 51.3 Å². The number of nitrogens with zero attached hydrogens (tertiary/aromatic N) is 2. The lowest BCUT2D eigenvalue weighted by Gasteiger charge is -2.62. The maximum atomic E-state index is 12.2. The molecule has 7 nitrogen and oxygen atoms in total. The third kappa shape index (κ3) is 4.08. The summed E-state index contributed by atoms with van der Waals surface area (Å²) in [6.45, 7) is 1.99. The molecule has 8 heteroatoms. The van der Waals surface area contributed by atoms with E-state index in [1.165, 1.54) is 19.3 Å². The predicted molar refractivity (Wildman–Crippen MR) is 90.1 cm³/mol.